The molecule has 0 amide bonds. The zero-order chi connectivity index (χ0) is 8.27. The summed E-state index contributed by atoms with van der Waals surface area (Å²) in [5, 5.41) is 13.1. The molecule has 0 aromatic heterocycles. The third-order valence-corrected chi connectivity index (χ3v) is 3.81. The fourth-order valence-corrected chi connectivity index (χ4v) is 2.71. The summed E-state index contributed by atoms with van der Waals surface area (Å²) >= 11 is 0. The van der Waals surface area contributed by atoms with Gasteiger partial charge in [-0.05, 0) is 45.2 Å². The van der Waals surface area contributed by atoms with Crippen LogP contribution in [0.1, 0.15) is 12.8 Å². The Morgan fingerprint density at radius 2 is 1.91 bits per heavy atom. The van der Waals surface area contributed by atoms with Crippen LogP contribution < -0.4 is 5.32 Å². The molecule has 2 nitrogen and oxygen atoms in total. The maximum Gasteiger partial charge on any atom is 0.0754 e. The molecule has 1 atom stereocenters. The van der Waals surface area contributed by atoms with Crippen LogP contribution in [0.5, 0.6) is 0 Å². The van der Waals surface area contributed by atoms with Crippen LogP contribution >= 0.6 is 7.92 Å². The van der Waals surface area contributed by atoms with E-state index in [1.807, 2.05) is 0 Å². The fraction of sp³-hybridized carbons (Fsp3) is 1.00. The number of piperidine rings is 1. The van der Waals surface area contributed by atoms with E-state index in [1.165, 1.54) is 0 Å². The molecule has 0 aliphatic carbocycles. The SMILES string of the molecule is CP(C)C(O)C1CCNCC1. The number of aliphatic hydroxyl groups excluding tert-OH is 1. The Labute approximate surface area is 70.1 Å². The second-order valence-electron chi connectivity index (χ2n) is 3.46. The fourth-order valence-electron chi connectivity index (χ4n) is 1.56. The average molecular weight is 175 g/mol. The second-order valence-corrected chi connectivity index (χ2v) is 5.92. The number of hydrogen-bond donors (Lipinski definition) is 2. The molecular formula is C8H18NOP. The van der Waals surface area contributed by atoms with E-state index in [1.54, 1.807) is 0 Å². The standard InChI is InChI=1S/C8H18NOP/c1-11(2)8(10)7-3-5-9-6-4-7/h7-10H,3-6H2,1-2H3. The minimum Gasteiger partial charge on any atom is -0.388 e. The van der Waals surface area contributed by atoms with Crippen molar-refractivity contribution in [3.8, 4) is 0 Å². The van der Waals surface area contributed by atoms with Gasteiger partial charge in [0.15, 0.2) is 0 Å². The van der Waals surface area contributed by atoms with Crippen molar-refractivity contribution in [2.75, 3.05) is 26.4 Å². The summed E-state index contributed by atoms with van der Waals surface area (Å²) in [4.78, 5) is 0. The Kier molecular flexibility index (Phi) is 3.77. The first-order chi connectivity index (χ1) is 5.22. The van der Waals surface area contributed by atoms with Crippen LogP contribution in [0.4, 0.5) is 0 Å². The number of hydrogen-bond acceptors (Lipinski definition) is 2. The average Bonchev–Trinajstić information content (AvgIpc) is 2.05. The van der Waals surface area contributed by atoms with Crippen molar-refractivity contribution in [3.63, 3.8) is 0 Å². The van der Waals surface area contributed by atoms with Gasteiger partial charge >= 0.3 is 0 Å². The third kappa shape index (κ3) is 2.70. The van der Waals surface area contributed by atoms with E-state index in [2.05, 4.69) is 18.6 Å². The molecular weight excluding hydrogens is 157 g/mol. The number of nitrogens with one attached hydrogen (secondary N) is 1. The van der Waals surface area contributed by atoms with Gasteiger partial charge in [-0.15, -0.1) is 0 Å². The molecule has 11 heavy (non-hydrogen) atoms. The summed E-state index contributed by atoms with van der Waals surface area (Å²) in [6, 6.07) is 0. The molecule has 0 radical (unpaired) electrons. The molecule has 0 bridgehead atoms. The van der Waals surface area contributed by atoms with Crippen LogP contribution in [0.15, 0.2) is 0 Å². The first-order valence-electron chi connectivity index (χ1n) is 4.27. The minimum absolute atomic E-state index is 0.0212. The molecule has 66 valence electrons. The molecule has 0 aromatic carbocycles. The smallest absolute Gasteiger partial charge is 0.0754 e. The molecule has 3 heteroatoms. The van der Waals surface area contributed by atoms with E-state index in [4.69, 9.17) is 0 Å². The number of aliphatic hydroxyl groups is 1. The first kappa shape index (κ1) is 9.44. The van der Waals surface area contributed by atoms with Crippen molar-refractivity contribution in [1.29, 1.82) is 0 Å². The van der Waals surface area contributed by atoms with Crippen LogP contribution in [0.25, 0.3) is 0 Å². The van der Waals surface area contributed by atoms with Crippen molar-refractivity contribution in [3.05, 3.63) is 0 Å². The monoisotopic (exact) mass is 175 g/mol. The van der Waals surface area contributed by atoms with Gasteiger partial charge in [0.25, 0.3) is 0 Å². The Morgan fingerprint density at radius 3 is 2.36 bits per heavy atom. The Bertz CT molecular complexity index is 113. The van der Waals surface area contributed by atoms with E-state index < -0.39 is 0 Å². The molecule has 0 spiro atoms. The van der Waals surface area contributed by atoms with Crippen LogP contribution in [-0.4, -0.2) is 37.4 Å². The van der Waals surface area contributed by atoms with Gasteiger partial charge in [0.2, 0.25) is 0 Å². The lowest BCUT2D eigenvalue weighted by molar-refractivity contribution is 0.160. The van der Waals surface area contributed by atoms with Crippen molar-refractivity contribution in [1.82, 2.24) is 5.32 Å². The molecule has 1 rings (SSSR count). The molecule has 0 aromatic rings. The summed E-state index contributed by atoms with van der Waals surface area (Å²) in [5.74, 6) is 0.546. The zero-order valence-corrected chi connectivity index (χ0v) is 8.27. The normalized spacial score (nSPS) is 24.0. The van der Waals surface area contributed by atoms with Gasteiger partial charge in [-0.25, -0.2) is 0 Å². The third-order valence-electron chi connectivity index (χ3n) is 2.33. The highest BCUT2D eigenvalue weighted by molar-refractivity contribution is 7.56. The van der Waals surface area contributed by atoms with Gasteiger partial charge in [-0.3, -0.25) is 0 Å². The maximum absolute atomic E-state index is 9.75. The van der Waals surface area contributed by atoms with Gasteiger partial charge < -0.3 is 10.4 Å². The van der Waals surface area contributed by atoms with Crippen molar-refractivity contribution < 1.29 is 5.11 Å². The van der Waals surface area contributed by atoms with E-state index in [0.717, 1.165) is 25.9 Å². The van der Waals surface area contributed by atoms with E-state index in [-0.39, 0.29) is 13.8 Å². The molecule has 1 aliphatic rings. The predicted molar refractivity (Wildman–Crippen MR) is 50.4 cm³/mol. The Hall–Kier alpha value is 0.350. The number of rotatable bonds is 2. The maximum atomic E-state index is 9.75. The molecule has 1 saturated heterocycles. The van der Waals surface area contributed by atoms with Gasteiger partial charge in [-0.1, -0.05) is 7.92 Å². The van der Waals surface area contributed by atoms with Gasteiger partial charge in [-0.2, -0.15) is 0 Å². The summed E-state index contributed by atoms with van der Waals surface area (Å²) in [5.41, 5.74) is 0. The summed E-state index contributed by atoms with van der Waals surface area (Å²) in [6.45, 7) is 6.49. The lowest BCUT2D eigenvalue weighted by Crippen LogP contribution is -2.33. The highest BCUT2D eigenvalue weighted by Crippen LogP contribution is 2.38. The molecule has 1 aliphatic heterocycles. The summed E-state index contributed by atoms with van der Waals surface area (Å²) < 4.78 is 0. The Balaban J connectivity index is 2.32. The lowest BCUT2D eigenvalue weighted by Gasteiger charge is -2.29. The second kappa shape index (κ2) is 4.39. The minimum atomic E-state index is -0.157. The quantitative estimate of drug-likeness (QED) is 0.615. The van der Waals surface area contributed by atoms with E-state index in [9.17, 15) is 5.11 Å². The first-order valence-corrected chi connectivity index (χ1v) is 6.57. The zero-order valence-electron chi connectivity index (χ0n) is 7.38. The van der Waals surface area contributed by atoms with Crippen molar-refractivity contribution in [2.45, 2.75) is 18.7 Å². The topological polar surface area (TPSA) is 32.3 Å². The van der Waals surface area contributed by atoms with Crippen LogP contribution in [0.3, 0.4) is 0 Å². The van der Waals surface area contributed by atoms with Crippen molar-refractivity contribution >= 4 is 7.92 Å². The molecule has 1 fully saturated rings. The Morgan fingerprint density at radius 1 is 1.36 bits per heavy atom. The van der Waals surface area contributed by atoms with Crippen LogP contribution in [0, 0.1) is 5.92 Å². The largest absolute Gasteiger partial charge is 0.388 e. The highest BCUT2D eigenvalue weighted by atomic mass is 31.1. The van der Waals surface area contributed by atoms with Crippen LogP contribution in [-0.2, 0) is 0 Å². The molecule has 2 N–H and O–H groups in total. The van der Waals surface area contributed by atoms with Gasteiger partial charge in [0.1, 0.15) is 0 Å². The molecule has 0 saturated carbocycles. The predicted octanol–water partition coefficient (Wildman–Crippen LogP) is 1.05. The highest BCUT2D eigenvalue weighted by Gasteiger charge is 2.23. The summed E-state index contributed by atoms with van der Waals surface area (Å²) in [7, 11) is -0.157. The van der Waals surface area contributed by atoms with E-state index in [0.29, 0.717) is 5.92 Å². The molecule has 1 unspecified atom stereocenters. The van der Waals surface area contributed by atoms with Gasteiger partial charge in [0, 0.05) is 0 Å². The van der Waals surface area contributed by atoms with Crippen molar-refractivity contribution in [2.24, 2.45) is 5.92 Å². The van der Waals surface area contributed by atoms with E-state index >= 15 is 0 Å². The molecule has 1 heterocycles. The van der Waals surface area contributed by atoms with Gasteiger partial charge in [0.05, 0.1) is 5.85 Å². The van der Waals surface area contributed by atoms with Crippen LogP contribution in [0.2, 0.25) is 0 Å². The lowest BCUT2D eigenvalue weighted by atomic mass is 9.99. The summed E-state index contributed by atoms with van der Waals surface area (Å²) in [6.07, 6.45) is 2.31.